The lowest BCUT2D eigenvalue weighted by Gasteiger charge is -1.96. The van der Waals surface area contributed by atoms with Gasteiger partial charge in [-0.3, -0.25) is 0 Å². The van der Waals surface area contributed by atoms with E-state index in [0.717, 1.165) is 5.70 Å². The third-order valence-electron chi connectivity index (χ3n) is 0.526. The highest BCUT2D eigenvalue weighted by Gasteiger charge is 1.87. The largest absolute Gasteiger partial charge is 0.402 e. The molecule has 0 rings (SSSR count). The fraction of sp³-hybridized carbons (Fsp3) is 0.667. The van der Waals surface area contributed by atoms with Crippen molar-refractivity contribution in [2.24, 2.45) is 5.73 Å². The Morgan fingerprint density at radius 2 is 2.12 bits per heavy atom. The van der Waals surface area contributed by atoms with Crippen LogP contribution in [0.15, 0.2) is 11.1 Å². The maximum absolute atomic E-state index is 5.38. The minimum Gasteiger partial charge on any atom is -0.402 e. The fourth-order valence-electron chi connectivity index (χ4n) is 0.243. The first-order valence-corrected chi connectivity index (χ1v) is 3.65. The monoisotopic (exact) mass is 131 g/mol. The van der Waals surface area contributed by atoms with Gasteiger partial charge >= 0.3 is 0 Å². The molecule has 0 aliphatic heterocycles. The van der Waals surface area contributed by atoms with Crippen LogP contribution in [0.3, 0.4) is 0 Å². The van der Waals surface area contributed by atoms with Gasteiger partial charge in [0.25, 0.3) is 0 Å². The lowest BCUT2D eigenvalue weighted by atomic mass is 10.6. The molecule has 0 fully saturated rings. The highest BCUT2D eigenvalue weighted by Crippen LogP contribution is 2.10. The Labute approximate surface area is 55.3 Å². The summed E-state index contributed by atoms with van der Waals surface area (Å²) in [5.74, 6) is 0. The van der Waals surface area contributed by atoms with Crippen molar-refractivity contribution in [3.63, 3.8) is 0 Å². The average Bonchev–Trinajstić information content (AvgIpc) is 1.61. The van der Waals surface area contributed by atoms with Gasteiger partial charge in [-0.25, -0.2) is 0 Å². The van der Waals surface area contributed by atoms with Crippen LogP contribution in [0.25, 0.3) is 0 Å². The summed E-state index contributed by atoms with van der Waals surface area (Å²) in [6.45, 7) is 6.18. The molecule has 0 amide bonds. The maximum atomic E-state index is 5.38. The Bertz CT molecular complexity index is 82.5. The van der Waals surface area contributed by atoms with E-state index in [2.05, 4.69) is 13.8 Å². The first kappa shape index (κ1) is 7.89. The minimum atomic E-state index is 0.647. The van der Waals surface area contributed by atoms with Crippen molar-refractivity contribution in [3.8, 4) is 0 Å². The molecule has 0 radical (unpaired) electrons. The second-order valence-corrected chi connectivity index (χ2v) is 3.50. The Morgan fingerprint density at radius 3 is 2.25 bits per heavy atom. The third kappa shape index (κ3) is 5.89. The van der Waals surface area contributed by atoms with Crippen LogP contribution in [0.5, 0.6) is 0 Å². The SMILES string of the molecule is C/C(N)=C/SC(C)C. The van der Waals surface area contributed by atoms with Gasteiger partial charge < -0.3 is 5.73 Å². The Balaban J connectivity index is 3.29. The van der Waals surface area contributed by atoms with Crippen LogP contribution in [0, 0.1) is 0 Å². The van der Waals surface area contributed by atoms with Gasteiger partial charge in [0.15, 0.2) is 0 Å². The van der Waals surface area contributed by atoms with E-state index in [1.54, 1.807) is 11.8 Å². The van der Waals surface area contributed by atoms with Crippen LogP contribution < -0.4 is 5.73 Å². The molecule has 0 aromatic carbocycles. The van der Waals surface area contributed by atoms with E-state index in [1.165, 1.54) is 0 Å². The minimum absolute atomic E-state index is 0.647. The van der Waals surface area contributed by atoms with Crippen LogP contribution in [0.2, 0.25) is 0 Å². The molecule has 0 spiro atoms. The van der Waals surface area contributed by atoms with Gasteiger partial charge in [0.1, 0.15) is 0 Å². The zero-order valence-electron chi connectivity index (χ0n) is 5.64. The molecule has 0 bridgehead atoms. The Morgan fingerprint density at radius 1 is 1.62 bits per heavy atom. The summed E-state index contributed by atoms with van der Waals surface area (Å²) in [5, 5.41) is 2.62. The molecule has 0 aliphatic carbocycles. The van der Waals surface area contributed by atoms with Crippen molar-refractivity contribution < 1.29 is 0 Å². The number of rotatable bonds is 2. The number of nitrogens with two attached hydrogens (primary N) is 1. The smallest absolute Gasteiger partial charge is 0.0113 e. The molecule has 8 heavy (non-hydrogen) atoms. The topological polar surface area (TPSA) is 26.0 Å². The number of thioether (sulfide) groups is 1. The summed E-state index contributed by atoms with van der Waals surface area (Å²) >= 11 is 1.75. The zero-order chi connectivity index (χ0) is 6.57. The molecule has 0 heterocycles. The van der Waals surface area contributed by atoms with E-state index >= 15 is 0 Å². The third-order valence-corrected chi connectivity index (χ3v) is 1.58. The van der Waals surface area contributed by atoms with Crippen LogP contribution in [0.1, 0.15) is 20.8 Å². The van der Waals surface area contributed by atoms with E-state index in [1.807, 2.05) is 12.3 Å². The molecular weight excluding hydrogens is 118 g/mol. The summed E-state index contributed by atoms with van der Waals surface area (Å²) in [7, 11) is 0. The van der Waals surface area contributed by atoms with Crippen molar-refractivity contribution in [3.05, 3.63) is 11.1 Å². The highest BCUT2D eigenvalue weighted by molar-refractivity contribution is 8.02. The van der Waals surface area contributed by atoms with Crippen molar-refractivity contribution in [2.45, 2.75) is 26.0 Å². The number of allylic oxidation sites excluding steroid dienone is 1. The van der Waals surface area contributed by atoms with E-state index in [4.69, 9.17) is 5.73 Å². The molecule has 0 aromatic rings. The highest BCUT2D eigenvalue weighted by atomic mass is 32.2. The lowest BCUT2D eigenvalue weighted by Crippen LogP contribution is -1.90. The number of hydrogen-bond acceptors (Lipinski definition) is 2. The van der Waals surface area contributed by atoms with Gasteiger partial charge in [0, 0.05) is 10.9 Å². The summed E-state index contributed by atoms with van der Waals surface area (Å²) in [6.07, 6.45) is 0. The molecule has 0 aliphatic rings. The molecule has 1 nitrogen and oxygen atoms in total. The van der Waals surface area contributed by atoms with Crippen molar-refractivity contribution >= 4 is 11.8 Å². The van der Waals surface area contributed by atoms with E-state index in [9.17, 15) is 0 Å². The Kier molecular flexibility index (Phi) is 3.79. The molecule has 0 saturated carbocycles. The second-order valence-electron chi connectivity index (χ2n) is 2.05. The maximum Gasteiger partial charge on any atom is 0.0113 e. The second kappa shape index (κ2) is 3.84. The summed E-state index contributed by atoms with van der Waals surface area (Å²) in [6, 6.07) is 0. The molecule has 0 atom stereocenters. The number of hydrogen-bond donors (Lipinski definition) is 1. The predicted molar refractivity (Wildman–Crippen MR) is 40.7 cm³/mol. The first-order valence-electron chi connectivity index (χ1n) is 2.70. The van der Waals surface area contributed by atoms with Gasteiger partial charge in [-0.1, -0.05) is 13.8 Å². The van der Waals surface area contributed by atoms with E-state index in [0.29, 0.717) is 5.25 Å². The van der Waals surface area contributed by atoms with Crippen LogP contribution >= 0.6 is 11.8 Å². The fourth-order valence-corrected chi connectivity index (χ4v) is 0.730. The van der Waals surface area contributed by atoms with Gasteiger partial charge in [0.2, 0.25) is 0 Å². The van der Waals surface area contributed by atoms with Gasteiger partial charge in [-0.05, 0) is 12.3 Å². The summed E-state index contributed by atoms with van der Waals surface area (Å²) < 4.78 is 0. The van der Waals surface area contributed by atoms with Crippen molar-refractivity contribution in [2.75, 3.05) is 0 Å². The molecule has 48 valence electrons. The quantitative estimate of drug-likeness (QED) is 0.620. The predicted octanol–water partition coefficient (Wildman–Crippen LogP) is 1.95. The van der Waals surface area contributed by atoms with Crippen molar-refractivity contribution in [1.82, 2.24) is 0 Å². The molecule has 2 N–H and O–H groups in total. The molecule has 2 heteroatoms. The molecule has 0 unspecified atom stereocenters. The molecule has 0 saturated heterocycles. The van der Waals surface area contributed by atoms with Crippen LogP contribution in [-0.2, 0) is 0 Å². The van der Waals surface area contributed by atoms with Gasteiger partial charge in [0.05, 0.1) is 0 Å². The molecular formula is C6H13NS. The van der Waals surface area contributed by atoms with E-state index in [-0.39, 0.29) is 0 Å². The molecule has 0 aromatic heterocycles. The standard InChI is InChI=1S/C6H13NS/c1-5(2)8-4-6(3)7/h4-5H,7H2,1-3H3/b6-4-. The summed E-state index contributed by atoms with van der Waals surface area (Å²) in [4.78, 5) is 0. The van der Waals surface area contributed by atoms with Gasteiger partial charge in [-0.2, -0.15) is 0 Å². The van der Waals surface area contributed by atoms with Crippen molar-refractivity contribution in [1.29, 1.82) is 0 Å². The van der Waals surface area contributed by atoms with Gasteiger partial charge in [-0.15, -0.1) is 11.8 Å². The summed E-state index contributed by atoms with van der Waals surface area (Å²) in [5.41, 5.74) is 6.27. The van der Waals surface area contributed by atoms with E-state index < -0.39 is 0 Å². The normalized spacial score (nSPS) is 12.8. The zero-order valence-corrected chi connectivity index (χ0v) is 6.46. The van der Waals surface area contributed by atoms with Crippen LogP contribution in [0.4, 0.5) is 0 Å². The lowest BCUT2D eigenvalue weighted by molar-refractivity contribution is 1.12. The average molecular weight is 131 g/mol. The first-order chi connectivity index (χ1) is 3.63. The Hall–Kier alpha value is -0.110. The van der Waals surface area contributed by atoms with Crippen LogP contribution in [-0.4, -0.2) is 5.25 Å².